The van der Waals surface area contributed by atoms with Crippen LogP contribution in [-0.2, 0) is 21.2 Å². The van der Waals surface area contributed by atoms with E-state index in [9.17, 15) is 8.42 Å². The highest BCUT2D eigenvalue weighted by Crippen LogP contribution is 2.25. The molecule has 0 amide bonds. The Balaban J connectivity index is 2.19. The number of benzene rings is 1. The summed E-state index contributed by atoms with van der Waals surface area (Å²) in [5, 5.41) is -0.356. The van der Waals surface area contributed by atoms with Gasteiger partial charge < -0.3 is 4.74 Å². The van der Waals surface area contributed by atoms with Gasteiger partial charge in [-0.05, 0) is 37.9 Å². The van der Waals surface area contributed by atoms with Gasteiger partial charge in [0.2, 0.25) is 10.0 Å². The summed E-state index contributed by atoms with van der Waals surface area (Å²) in [6.07, 6.45) is 1.32. The van der Waals surface area contributed by atoms with Crippen LogP contribution in [0.5, 0.6) is 0 Å². The summed E-state index contributed by atoms with van der Waals surface area (Å²) in [5.74, 6) is 0.0206. The van der Waals surface area contributed by atoms with Crippen molar-refractivity contribution in [2.75, 3.05) is 20.3 Å². The third-order valence-electron chi connectivity index (χ3n) is 3.83. The molecule has 1 fully saturated rings. The van der Waals surface area contributed by atoms with Crippen molar-refractivity contribution in [3.05, 3.63) is 35.4 Å². The van der Waals surface area contributed by atoms with Crippen LogP contribution in [0.2, 0.25) is 0 Å². The average molecular weight is 283 g/mol. The van der Waals surface area contributed by atoms with E-state index in [0.29, 0.717) is 19.6 Å². The molecular formula is C14H21NO3S. The molecule has 2 atom stereocenters. The predicted molar refractivity (Wildman–Crippen MR) is 75.6 cm³/mol. The normalized spacial score (nSPS) is 24.3. The number of nitrogens with one attached hydrogen (secondary N) is 1. The SMILES string of the molecule is CNS(=O)(=O)[C@@H]1CCOC[C@@H]1Cc1ccccc1C. The van der Waals surface area contributed by atoms with Crippen LogP contribution in [0.1, 0.15) is 17.5 Å². The van der Waals surface area contributed by atoms with Crippen LogP contribution >= 0.6 is 0 Å². The molecule has 5 heteroatoms. The first-order valence-corrected chi connectivity index (χ1v) is 8.14. The van der Waals surface area contributed by atoms with Crippen LogP contribution in [0.3, 0.4) is 0 Å². The zero-order valence-electron chi connectivity index (χ0n) is 11.4. The topological polar surface area (TPSA) is 55.4 Å². The molecule has 1 aliphatic heterocycles. The summed E-state index contributed by atoms with van der Waals surface area (Å²) < 4.78 is 32.1. The first kappa shape index (κ1) is 14.5. The molecule has 1 saturated heterocycles. The van der Waals surface area contributed by atoms with Gasteiger partial charge in [0.15, 0.2) is 0 Å². The molecule has 2 rings (SSSR count). The highest BCUT2D eigenvalue weighted by Gasteiger charge is 2.35. The van der Waals surface area contributed by atoms with Gasteiger partial charge in [-0.1, -0.05) is 24.3 Å². The Morgan fingerprint density at radius 3 is 2.79 bits per heavy atom. The lowest BCUT2D eigenvalue weighted by molar-refractivity contribution is 0.0570. The molecular weight excluding hydrogens is 262 g/mol. The molecule has 0 spiro atoms. The third-order valence-corrected chi connectivity index (χ3v) is 5.82. The minimum atomic E-state index is -3.23. The molecule has 0 unspecified atom stereocenters. The lowest BCUT2D eigenvalue weighted by Crippen LogP contribution is -2.43. The number of sulfonamides is 1. The molecule has 1 aromatic rings. The van der Waals surface area contributed by atoms with Gasteiger partial charge in [0.1, 0.15) is 0 Å². The van der Waals surface area contributed by atoms with Gasteiger partial charge >= 0.3 is 0 Å². The molecule has 0 saturated carbocycles. The van der Waals surface area contributed by atoms with Crippen LogP contribution in [0.15, 0.2) is 24.3 Å². The summed E-state index contributed by atoms with van der Waals surface area (Å²) in [5.41, 5.74) is 2.41. The quantitative estimate of drug-likeness (QED) is 0.911. The minimum absolute atomic E-state index is 0.0206. The monoisotopic (exact) mass is 283 g/mol. The van der Waals surface area contributed by atoms with E-state index in [0.717, 1.165) is 6.42 Å². The van der Waals surface area contributed by atoms with E-state index in [1.54, 1.807) is 0 Å². The first-order valence-electron chi connectivity index (χ1n) is 6.59. The summed E-state index contributed by atoms with van der Waals surface area (Å²) in [4.78, 5) is 0. The Kier molecular flexibility index (Phi) is 4.60. The number of ether oxygens (including phenoxy) is 1. The van der Waals surface area contributed by atoms with Gasteiger partial charge in [-0.2, -0.15) is 0 Å². The second-order valence-corrected chi connectivity index (χ2v) is 7.15. The van der Waals surface area contributed by atoms with Crippen LogP contribution < -0.4 is 4.72 Å². The maximum absolute atomic E-state index is 12.1. The predicted octanol–water partition coefficient (Wildman–Crippen LogP) is 1.49. The van der Waals surface area contributed by atoms with Crippen molar-refractivity contribution in [3.8, 4) is 0 Å². The molecule has 106 valence electrons. The van der Waals surface area contributed by atoms with Crippen LogP contribution in [0.25, 0.3) is 0 Å². The van der Waals surface area contributed by atoms with E-state index in [2.05, 4.69) is 23.8 Å². The summed E-state index contributed by atoms with van der Waals surface area (Å²) in [6, 6.07) is 8.11. The fraction of sp³-hybridized carbons (Fsp3) is 0.571. The number of aryl methyl sites for hydroxylation is 1. The fourth-order valence-corrected chi connectivity index (χ4v) is 4.04. The molecule has 19 heavy (non-hydrogen) atoms. The van der Waals surface area contributed by atoms with E-state index in [4.69, 9.17) is 4.74 Å². The zero-order chi connectivity index (χ0) is 13.9. The standard InChI is InChI=1S/C14H21NO3S/c1-11-5-3-4-6-12(11)9-13-10-18-8-7-14(13)19(16,17)15-2/h3-6,13-15H,7-10H2,1-2H3/t13-,14+/m0/s1. The molecule has 4 nitrogen and oxygen atoms in total. The third kappa shape index (κ3) is 3.35. The molecule has 1 aromatic carbocycles. The molecule has 0 aliphatic carbocycles. The molecule has 0 radical (unpaired) electrons. The van der Waals surface area contributed by atoms with Crippen molar-refractivity contribution in [1.82, 2.24) is 4.72 Å². The van der Waals surface area contributed by atoms with E-state index < -0.39 is 10.0 Å². The lowest BCUT2D eigenvalue weighted by atomic mass is 9.91. The summed E-state index contributed by atoms with van der Waals surface area (Å²) in [7, 11) is -1.75. The van der Waals surface area contributed by atoms with Gasteiger partial charge in [-0.25, -0.2) is 13.1 Å². The fourth-order valence-electron chi connectivity index (χ4n) is 2.65. The largest absolute Gasteiger partial charge is 0.381 e. The number of hydrogen-bond donors (Lipinski definition) is 1. The van der Waals surface area contributed by atoms with Crippen LogP contribution in [-0.4, -0.2) is 33.9 Å². The molecule has 1 N–H and O–H groups in total. The summed E-state index contributed by atoms with van der Waals surface area (Å²) >= 11 is 0. The van der Waals surface area contributed by atoms with Crippen molar-refractivity contribution in [1.29, 1.82) is 0 Å². The Morgan fingerprint density at radius 2 is 2.11 bits per heavy atom. The Morgan fingerprint density at radius 1 is 1.37 bits per heavy atom. The van der Waals surface area contributed by atoms with Gasteiger partial charge in [0.05, 0.1) is 11.9 Å². The van der Waals surface area contributed by atoms with E-state index >= 15 is 0 Å². The van der Waals surface area contributed by atoms with E-state index in [1.807, 2.05) is 12.1 Å². The second-order valence-electron chi connectivity index (χ2n) is 5.04. The molecule has 1 heterocycles. The second kappa shape index (κ2) is 6.03. The Bertz CT molecular complexity index is 527. The highest BCUT2D eigenvalue weighted by molar-refractivity contribution is 7.90. The van der Waals surface area contributed by atoms with Crippen molar-refractivity contribution in [3.63, 3.8) is 0 Å². The van der Waals surface area contributed by atoms with Crippen molar-refractivity contribution < 1.29 is 13.2 Å². The Hall–Kier alpha value is -0.910. The number of hydrogen-bond acceptors (Lipinski definition) is 3. The average Bonchev–Trinajstić information content (AvgIpc) is 2.42. The van der Waals surface area contributed by atoms with E-state index in [1.165, 1.54) is 18.2 Å². The van der Waals surface area contributed by atoms with Crippen LogP contribution in [0.4, 0.5) is 0 Å². The van der Waals surface area contributed by atoms with Gasteiger partial charge in [-0.15, -0.1) is 0 Å². The van der Waals surface area contributed by atoms with E-state index in [-0.39, 0.29) is 11.2 Å². The van der Waals surface area contributed by atoms with Gasteiger partial charge in [0.25, 0.3) is 0 Å². The summed E-state index contributed by atoms with van der Waals surface area (Å²) in [6.45, 7) is 3.09. The highest BCUT2D eigenvalue weighted by atomic mass is 32.2. The maximum atomic E-state index is 12.1. The van der Waals surface area contributed by atoms with Crippen molar-refractivity contribution in [2.45, 2.75) is 25.0 Å². The van der Waals surface area contributed by atoms with Crippen molar-refractivity contribution in [2.24, 2.45) is 5.92 Å². The van der Waals surface area contributed by atoms with Gasteiger partial charge in [-0.3, -0.25) is 0 Å². The van der Waals surface area contributed by atoms with Crippen LogP contribution in [0, 0.1) is 12.8 Å². The minimum Gasteiger partial charge on any atom is -0.381 e. The first-order chi connectivity index (χ1) is 9.04. The lowest BCUT2D eigenvalue weighted by Gasteiger charge is -2.31. The zero-order valence-corrected chi connectivity index (χ0v) is 12.2. The molecule has 0 bridgehead atoms. The molecule has 0 aromatic heterocycles. The van der Waals surface area contributed by atoms with Gasteiger partial charge in [0, 0.05) is 12.5 Å². The maximum Gasteiger partial charge on any atom is 0.214 e. The Labute approximate surface area is 115 Å². The smallest absolute Gasteiger partial charge is 0.214 e. The van der Waals surface area contributed by atoms with Crippen molar-refractivity contribution >= 4 is 10.0 Å². The number of rotatable bonds is 4. The molecule has 1 aliphatic rings.